The van der Waals surface area contributed by atoms with E-state index in [0.717, 1.165) is 31.2 Å². The molecule has 2 aliphatic heterocycles. The molecule has 0 unspecified atom stereocenters. The zero-order chi connectivity index (χ0) is 30.0. The van der Waals surface area contributed by atoms with Crippen molar-refractivity contribution in [3.8, 4) is 5.75 Å². The number of ether oxygens (including phenoxy) is 1. The highest BCUT2D eigenvalue weighted by molar-refractivity contribution is 9.10. The third kappa shape index (κ3) is 6.42. The van der Waals surface area contributed by atoms with Gasteiger partial charge in [-0.1, -0.05) is 83.0 Å². The van der Waals surface area contributed by atoms with Crippen molar-refractivity contribution in [2.45, 2.75) is 51.6 Å². The van der Waals surface area contributed by atoms with Crippen LogP contribution in [0.2, 0.25) is 0 Å². The van der Waals surface area contributed by atoms with Crippen LogP contribution in [0.15, 0.2) is 80.7 Å². The maximum Gasteiger partial charge on any atom is 0.326 e. The zero-order valence-corrected chi connectivity index (χ0v) is 27.5. The van der Waals surface area contributed by atoms with E-state index < -0.39 is 6.04 Å². The molecule has 9 heteroatoms. The molecule has 3 aromatic carbocycles. The first-order chi connectivity index (χ1) is 20.1. The number of nitrogens with one attached hydrogen (secondary N) is 1. The van der Waals surface area contributed by atoms with E-state index in [9.17, 15) is 9.59 Å². The first kappa shape index (κ1) is 30.3. The number of halogens is 2. The van der Waals surface area contributed by atoms with Crippen molar-refractivity contribution in [2.75, 3.05) is 26.2 Å². The molecule has 2 aliphatic rings. The Kier molecular flexibility index (Phi) is 9.08. The van der Waals surface area contributed by atoms with Crippen LogP contribution < -0.4 is 10.1 Å². The summed E-state index contributed by atoms with van der Waals surface area (Å²) in [6.45, 7) is 10.1. The Labute approximate surface area is 264 Å². The minimum atomic E-state index is -0.412. The summed E-state index contributed by atoms with van der Waals surface area (Å²) >= 11 is 7.12. The first-order valence-electron chi connectivity index (χ1n) is 14.3. The van der Waals surface area contributed by atoms with Gasteiger partial charge in [0, 0.05) is 35.0 Å². The summed E-state index contributed by atoms with van der Waals surface area (Å²) in [4.78, 5) is 35.6. The van der Waals surface area contributed by atoms with Gasteiger partial charge in [0.2, 0.25) is 5.91 Å². The third-order valence-corrected chi connectivity index (χ3v) is 8.72. The van der Waals surface area contributed by atoms with Gasteiger partial charge in [0.25, 0.3) is 0 Å². The fourth-order valence-electron chi connectivity index (χ4n) is 5.41. The number of carbonyl (C=O) groups is 2. The van der Waals surface area contributed by atoms with Crippen molar-refractivity contribution in [2.24, 2.45) is 4.99 Å². The van der Waals surface area contributed by atoms with Gasteiger partial charge < -0.3 is 15.0 Å². The normalized spacial score (nSPS) is 19.3. The number of amidine groups is 1. The van der Waals surface area contributed by atoms with E-state index in [2.05, 4.69) is 82.2 Å². The van der Waals surface area contributed by atoms with Crippen molar-refractivity contribution in [3.05, 3.63) is 97.9 Å². The van der Waals surface area contributed by atoms with Gasteiger partial charge >= 0.3 is 6.03 Å². The molecule has 0 radical (unpaired) electrons. The highest BCUT2D eigenvalue weighted by atomic mass is 79.9. The Morgan fingerprint density at radius 3 is 2.24 bits per heavy atom. The minimum absolute atomic E-state index is 0.0470. The number of rotatable bonds is 5. The quantitative estimate of drug-likeness (QED) is 0.303. The van der Waals surface area contributed by atoms with E-state index in [4.69, 9.17) is 9.73 Å². The van der Waals surface area contributed by atoms with E-state index in [1.807, 2.05) is 54.3 Å². The average molecular weight is 696 g/mol. The van der Waals surface area contributed by atoms with Gasteiger partial charge in [-0.25, -0.2) is 4.79 Å². The maximum absolute atomic E-state index is 14.6. The number of carbonyl (C=O) groups excluding carboxylic acids is 2. The SMILES string of the molecule is CCOc1cc(C(C)(C)C)ccc1C1=N[C@@H](c2ccc(Br)cc2)[C@@H](c2ccc(Br)cc2)N1C(=O)N1CCNC(=O)CC1. The Bertz CT molecular complexity index is 1480. The molecule has 3 amide bonds. The zero-order valence-electron chi connectivity index (χ0n) is 24.4. The largest absolute Gasteiger partial charge is 0.493 e. The summed E-state index contributed by atoms with van der Waals surface area (Å²) in [5.41, 5.74) is 3.78. The van der Waals surface area contributed by atoms with Crippen molar-refractivity contribution < 1.29 is 14.3 Å². The number of hydrogen-bond acceptors (Lipinski definition) is 4. The van der Waals surface area contributed by atoms with Crippen molar-refractivity contribution in [3.63, 3.8) is 0 Å². The van der Waals surface area contributed by atoms with E-state index in [1.165, 1.54) is 0 Å². The molecule has 3 aromatic rings. The van der Waals surface area contributed by atoms with Gasteiger partial charge in [0.05, 0.1) is 18.2 Å². The van der Waals surface area contributed by atoms with Gasteiger partial charge in [-0.2, -0.15) is 0 Å². The van der Waals surface area contributed by atoms with Gasteiger partial charge in [0.1, 0.15) is 17.6 Å². The lowest BCUT2D eigenvalue weighted by Crippen LogP contribution is -2.47. The molecule has 0 aliphatic carbocycles. The smallest absolute Gasteiger partial charge is 0.326 e. The van der Waals surface area contributed by atoms with Gasteiger partial charge in [-0.15, -0.1) is 0 Å². The van der Waals surface area contributed by atoms with E-state index in [1.54, 1.807) is 4.90 Å². The molecule has 42 heavy (non-hydrogen) atoms. The fourth-order valence-corrected chi connectivity index (χ4v) is 5.94. The molecular formula is C33H36Br2N4O3. The lowest BCUT2D eigenvalue weighted by molar-refractivity contribution is -0.120. The number of aliphatic imine (C=N–C) groups is 1. The second-order valence-electron chi connectivity index (χ2n) is 11.6. The third-order valence-electron chi connectivity index (χ3n) is 7.67. The second kappa shape index (κ2) is 12.6. The van der Waals surface area contributed by atoms with E-state index in [-0.39, 0.29) is 29.8 Å². The van der Waals surface area contributed by atoms with Gasteiger partial charge in [0.15, 0.2) is 0 Å². The monoisotopic (exact) mass is 694 g/mol. The lowest BCUT2D eigenvalue weighted by Gasteiger charge is -2.34. The predicted octanol–water partition coefficient (Wildman–Crippen LogP) is 7.39. The Balaban J connectivity index is 1.70. The molecule has 0 aromatic heterocycles. The average Bonchev–Trinajstić information content (AvgIpc) is 3.21. The van der Waals surface area contributed by atoms with Crippen LogP contribution in [-0.2, 0) is 10.2 Å². The highest BCUT2D eigenvalue weighted by Crippen LogP contribution is 2.46. The Hall–Kier alpha value is -3.17. The summed E-state index contributed by atoms with van der Waals surface area (Å²) in [5, 5.41) is 2.89. The predicted molar refractivity (Wildman–Crippen MR) is 173 cm³/mol. The number of amides is 3. The molecule has 2 heterocycles. The van der Waals surface area contributed by atoms with Crippen molar-refractivity contribution >= 4 is 49.6 Å². The van der Waals surface area contributed by atoms with Crippen LogP contribution in [0, 0.1) is 0 Å². The van der Waals surface area contributed by atoms with Crippen LogP contribution in [0.3, 0.4) is 0 Å². The number of hydrogen-bond donors (Lipinski definition) is 1. The van der Waals surface area contributed by atoms with Crippen LogP contribution in [0.1, 0.15) is 68.5 Å². The van der Waals surface area contributed by atoms with Crippen molar-refractivity contribution in [1.29, 1.82) is 0 Å². The Morgan fingerprint density at radius 1 is 0.976 bits per heavy atom. The summed E-state index contributed by atoms with van der Waals surface area (Å²) in [6.07, 6.45) is 0.260. The molecule has 0 spiro atoms. The molecule has 1 saturated heterocycles. The van der Waals surface area contributed by atoms with Crippen LogP contribution in [0.5, 0.6) is 5.75 Å². The van der Waals surface area contributed by atoms with E-state index >= 15 is 0 Å². The standard InChI is InChI=1S/C33H36Br2N4O3/c1-5-42-27-20-23(33(2,3)4)10-15-26(27)31-37-29(21-6-11-24(34)12-7-21)30(22-8-13-25(35)14-9-22)39(31)32(41)38-18-16-28(40)36-17-19-38/h6-15,20,29-30H,5,16-19H2,1-4H3,(H,36,40)/t29-,30+/m0/s1. The number of urea groups is 1. The fraction of sp³-hybridized carbons (Fsp3) is 0.364. The summed E-state index contributed by atoms with van der Waals surface area (Å²) in [5.74, 6) is 1.21. The second-order valence-corrected chi connectivity index (χ2v) is 13.4. The molecule has 7 nitrogen and oxygen atoms in total. The number of benzene rings is 3. The molecule has 0 saturated carbocycles. The molecule has 1 N–H and O–H groups in total. The van der Waals surface area contributed by atoms with Crippen LogP contribution >= 0.6 is 31.9 Å². The van der Waals surface area contributed by atoms with Gasteiger partial charge in [-0.05, 0) is 65.4 Å². The van der Waals surface area contributed by atoms with Gasteiger partial charge in [-0.3, -0.25) is 14.7 Å². The molecule has 1 fully saturated rings. The first-order valence-corrected chi connectivity index (χ1v) is 15.9. The summed E-state index contributed by atoms with van der Waals surface area (Å²) in [6, 6.07) is 21.4. The van der Waals surface area contributed by atoms with Crippen LogP contribution in [0.25, 0.3) is 0 Å². The summed E-state index contributed by atoms with van der Waals surface area (Å²) < 4.78 is 8.13. The number of nitrogens with zero attached hydrogens (tertiary/aromatic N) is 3. The highest BCUT2D eigenvalue weighted by Gasteiger charge is 2.44. The van der Waals surface area contributed by atoms with Crippen LogP contribution in [-0.4, -0.2) is 53.8 Å². The molecule has 0 bridgehead atoms. The summed E-state index contributed by atoms with van der Waals surface area (Å²) in [7, 11) is 0. The minimum Gasteiger partial charge on any atom is -0.493 e. The topological polar surface area (TPSA) is 74.2 Å². The van der Waals surface area contributed by atoms with E-state index in [0.29, 0.717) is 37.8 Å². The molecular weight excluding hydrogens is 660 g/mol. The Morgan fingerprint density at radius 2 is 1.62 bits per heavy atom. The molecule has 220 valence electrons. The van der Waals surface area contributed by atoms with Crippen molar-refractivity contribution in [1.82, 2.24) is 15.1 Å². The molecule has 5 rings (SSSR count). The lowest BCUT2D eigenvalue weighted by atomic mass is 9.86. The maximum atomic E-state index is 14.6. The molecule has 2 atom stereocenters. The van der Waals surface area contributed by atoms with Crippen LogP contribution in [0.4, 0.5) is 4.79 Å².